The van der Waals surface area contributed by atoms with Gasteiger partial charge in [-0.2, -0.15) is 0 Å². The summed E-state index contributed by atoms with van der Waals surface area (Å²) in [5.41, 5.74) is 9.20. The Hall–Kier alpha value is -0.900. The third-order valence-corrected chi connectivity index (χ3v) is 4.19. The summed E-state index contributed by atoms with van der Waals surface area (Å²) in [5.74, 6) is 0. The Morgan fingerprint density at radius 3 is 2.84 bits per heavy atom. The summed E-state index contributed by atoms with van der Waals surface area (Å²) in [6.07, 6.45) is 2.33. The van der Waals surface area contributed by atoms with E-state index in [4.69, 9.17) is 5.73 Å². The van der Waals surface area contributed by atoms with Crippen LogP contribution in [0.15, 0.2) is 24.3 Å². The molecule has 3 heteroatoms. The fourth-order valence-corrected chi connectivity index (χ4v) is 2.90. The maximum Gasteiger partial charge on any atom is 0.0465 e. The lowest BCUT2D eigenvalue weighted by atomic mass is 9.95. The minimum atomic E-state index is 0.101. The number of likely N-dealkylation sites (N-methyl/N-ethyl adjacent to an activating group) is 2. The van der Waals surface area contributed by atoms with Crippen molar-refractivity contribution in [2.75, 3.05) is 33.7 Å². The molecule has 2 N–H and O–H groups in total. The van der Waals surface area contributed by atoms with Gasteiger partial charge in [-0.1, -0.05) is 37.6 Å². The van der Waals surface area contributed by atoms with E-state index in [1.807, 2.05) is 0 Å². The number of hydrogen-bond acceptors (Lipinski definition) is 3. The van der Waals surface area contributed by atoms with Gasteiger partial charge in [0.1, 0.15) is 0 Å². The minimum absolute atomic E-state index is 0.101. The van der Waals surface area contributed by atoms with E-state index in [9.17, 15) is 0 Å². The molecule has 1 aliphatic rings. The van der Waals surface area contributed by atoms with Crippen molar-refractivity contribution in [3.05, 3.63) is 35.4 Å². The highest BCUT2D eigenvalue weighted by Crippen LogP contribution is 2.22. The molecule has 0 radical (unpaired) electrons. The van der Waals surface area contributed by atoms with Crippen LogP contribution >= 0.6 is 0 Å². The first-order valence-corrected chi connectivity index (χ1v) is 7.35. The monoisotopic (exact) mass is 261 g/mol. The van der Waals surface area contributed by atoms with E-state index in [-0.39, 0.29) is 6.04 Å². The summed E-state index contributed by atoms with van der Waals surface area (Å²) >= 11 is 0. The fraction of sp³-hybridized carbons (Fsp3) is 0.625. The number of hydrogen-bond donors (Lipinski definition) is 1. The molecular formula is C16H27N3. The number of nitrogens with zero attached hydrogens (tertiary/aromatic N) is 2. The van der Waals surface area contributed by atoms with Crippen molar-refractivity contribution in [1.82, 2.24) is 9.80 Å². The lowest BCUT2D eigenvalue weighted by Gasteiger charge is -2.40. The topological polar surface area (TPSA) is 32.5 Å². The summed E-state index contributed by atoms with van der Waals surface area (Å²) in [6, 6.07) is 9.33. The van der Waals surface area contributed by atoms with E-state index in [1.165, 1.54) is 17.5 Å². The molecule has 19 heavy (non-hydrogen) atoms. The first-order valence-electron chi connectivity index (χ1n) is 7.35. The molecule has 2 atom stereocenters. The van der Waals surface area contributed by atoms with Gasteiger partial charge in [0.2, 0.25) is 0 Å². The van der Waals surface area contributed by atoms with Crippen LogP contribution in [0.3, 0.4) is 0 Å². The Bertz CT molecular complexity index is 405. The Morgan fingerprint density at radius 2 is 2.11 bits per heavy atom. The third-order valence-electron chi connectivity index (χ3n) is 4.19. The molecule has 0 bridgehead atoms. The quantitative estimate of drug-likeness (QED) is 0.898. The zero-order valence-corrected chi connectivity index (χ0v) is 12.5. The molecule has 0 aromatic heterocycles. The van der Waals surface area contributed by atoms with Gasteiger partial charge in [-0.25, -0.2) is 0 Å². The van der Waals surface area contributed by atoms with Crippen molar-refractivity contribution in [2.24, 2.45) is 5.73 Å². The minimum Gasteiger partial charge on any atom is -0.323 e. The summed E-state index contributed by atoms with van der Waals surface area (Å²) in [7, 11) is 4.37. The predicted octanol–water partition coefficient (Wildman–Crippen LogP) is 1.88. The fourth-order valence-electron chi connectivity index (χ4n) is 2.90. The van der Waals surface area contributed by atoms with E-state index in [2.05, 4.69) is 55.1 Å². The van der Waals surface area contributed by atoms with Crippen LogP contribution in [0.1, 0.15) is 30.5 Å². The van der Waals surface area contributed by atoms with Crippen LogP contribution in [0.5, 0.6) is 0 Å². The normalized spacial score (nSPS) is 23.5. The Kier molecular flexibility index (Phi) is 4.97. The molecule has 3 nitrogen and oxygen atoms in total. The molecule has 106 valence electrons. The van der Waals surface area contributed by atoms with E-state index >= 15 is 0 Å². The molecule has 1 aromatic rings. The van der Waals surface area contributed by atoms with Gasteiger partial charge in [0.15, 0.2) is 0 Å². The highest BCUT2D eigenvalue weighted by Gasteiger charge is 2.28. The van der Waals surface area contributed by atoms with E-state index in [0.717, 1.165) is 26.1 Å². The average molecular weight is 261 g/mol. The largest absolute Gasteiger partial charge is 0.323 e. The lowest BCUT2D eigenvalue weighted by Crippen LogP contribution is -2.54. The molecule has 1 aliphatic heterocycles. The van der Waals surface area contributed by atoms with Crippen molar-refractivity contribution in [2.45, 2.75) is 31.8 Å². The zero-order chi connectivity index (χ0) is 13.8. The highest BCUT2D eigenvalue weighted by molar-refractivity contribution is 5.27. The van der Waals surface area contributed by atoms with Gasteiger partial charge < -0.3 is 10.6 Å². The van der Waals surface area contributed by atoms with Crippen LogP contribution in [-0.4, -0.2) is 49.6 Å². The summed E-state index contributed by atoms with van der Waals surface area (Å²) in [6.45, 7) is 5.51. The molecule has 1 saturated heterocycles. The Balaban J connectivity index is 2.13. The standard InChI is InChI=1S/C16H27N3/c1-4-6-13-7-5-8-14(11-13)16(17)15-12-18(2)9-10-19(15)3/h5,7-8,11,15-16H,4,6,9-10,12,17H2,1-3H3. The van der Waals surface area contributed by atoms with Gasteiger partial charge in [-0.3, -0.25) is 4.90 Å². The van der Waals surface area contributed by atoms with Gasteiger partial charge in [-0.15, -0.1) is 0 Å². The number of nitrogens with two attached hydrogens (primary N) is 1. The highest BCUT2D eigenvalue weighted by atomic mass is 15.3. The van der Waals surface area contributed by atoms with Crippen molar-refractivity contribution < 1.29 is 0 Å². The first-order chi connectivity index (χ1) is 9.11. The number of aryl methyl sites for hydroxylation is 1. The van der Waals surface area contributed by atoms with Crippen molar-refractivity contribution in [3.8, 4) is 0 Å². The Labute approximate surface area is 117 Å². The molecule has 0 amide bonds. The first kappa shape index (κ1) is 14.5. The molecule has 2 rings (SSSR count). The second-order valence-electron chi connectivity index (χ2n) is 5.83. The molecule has 1 fully saturated rings. The van der Waals surface area contributed by atoms with Crippen molar-refractivity contribution in [1.29, 1.82) is 0 Å². The second-order valence-corrected chi connectivity index (χ2v) is 5.83. The number of piperazine rings is 1. The van der Waals surface area contributed by atoms with Crippen LogP contribution in [-0.2, 0) is 6.42 Å². The third kappa shape index (κ3) is 3.56. The van der Waals surface area contributed by atoms with Crippen LogP contribution < -0.4 is 5.73 Å². The van der Waals surface area contributed by atoms with Gasteiger partial charge in [0.25, 0.3) is 0 Å². The van der Waals surface area contributed by atoms with Gasteiger partial charge in [0.05, 0.1) is 0 Å². The maximum absolute atomic E-state index is 6.52. The molecule has 0 aliphatic carbocycles. The lowest BCUT2D eigenvalue weighted by molar-refractivity contribution is 0.0974. The van der Waals surface area contributed by atoms with Crippen LogP contribution in [0.25, 0.3) is 0 Å². The van der Waals surface area contributed by atoms with Crippen molar-refractivity contribution in [3.63, 3.8) is 0 Å². The molecular weight excluding hydrogens is 234 g/mol. The van der Waals surface area contributed by atoms with Crippen LogP contribution in [0, 0.1) is 0 Å². The van der Waals surface area contributed by atoms with E-state index < -0.39 is 0 Å². The van der Waals surface area contributed by atoms with Gasteiger partial charge >= 0.3 is 0 Å². The van der Waals surface area contributed by atoms with E-state index in [0.29, 0.717) is 6.04 Å². The SMILES string of the molecule is CCCc1cccc(C(N)C2CN(C)CCN2C)c1. The van der Waals surface area contributed by atoms with Gasteiger partial charge in [-0.05, 0) is 31.6 Å². The summed E-state index contributed by atoms with van der Waals surface area (Å²) in [5, 5.41) is 0. The molecule has 0 saturated carbocycles. The van der Waals surface area contributed by atoms with Crippen LogP contribution in [0.4, 0.5) is 0 Å². The zero-order valence-electron chi connectivity index (χ0n) is 12.5. The molecule has 2 unspecified atom stereocenters. The predicted molar refractivity (Wildman–Crippen MR) is 81.3 cm³/mol. The van der Waals surface area contributed by atoms with Crippen LogP contribution in [0.2, 0.25) is 0 Å². The van der Waals surface area contributed by atoms with Gasteiger partial charge in [0, 0.05) is 31.7 Å². The average Bonchev–Trinajstić information content (AvgIpc) is 2.41. The second kappa shape index (κ2) is 6.51. The number of rotatable bonds is 4. The summed E-state index contributed by atoms with van der Waals surface area (Å²) in [4.78, 5) is 4.78. The molecule has 1 heterocycles. The number of benzene rings is 1. The smallest absolute Gasteiger partial charge is 0.0465 e. The maximum atomic E-state index is 6.52. The van der Waals surface area contributed by atoms with Crippen molar-refractivity contribution >= 4 is 0 Å². The molecule has 1 aromatic carbocycles. The van der Waals surface area contributed by atoms with E-state index in [1.54, 1.807) is 0 Å². The molecule has 0 spiro atoms. The Morgan fingerprint density at radius 1 is 1.32 bits per heavy atom. The summed E-state index contributed by atoms with van der Waals surface area (Å²) < 4.78 is 0.